The van der Waals surface area contributed by atoms with Crippen LogP contribution in [0.2, 0.25) is 0 Å². The molecule has 2 nitrogen and oxygen atoms in total. The summed E-state index contributed by atoms with van der Waals surface area (Å²) >= 11 is 16.7. The number of aliphatic carboxylic acids is 1. The molecule has 0 aliphatic heterocycles. The van der Waals surface area contributed by atoms with E-state index in [-0.39, 0.29) is 21.7 Å². The number of carboxylic acid groups (broad SMARTS) is 1. The second-order valence-electron chi connectivity index (χ2n) is 4.15. The summed E-state index contributed by atoms with van der Waals surface area (Å²) < 4.78 is 0.0570. The third-order valence-corrected chi connectivity index (χ3v) is 3.22. The molecule has 1 aliphatic carbocycles. The standard InChI is InChI=1S/C10H11Cl3O2/c1-10(2)6(8(10)9(14)15)3-5(11)4-7(12)13/h3-4,6,8H,1-2H3,(H,14,15). The van der Waals surface area contributed by atoms with Crippen molar-refractivity contribution in [2.24, 2.45) is 17.3 Å². The molecular formula is C10H11Cl3O2. The van der Waals surface area contributed by atoms with Crippen LogP contribution in [-0.4, -0.2) is 11.1 Å². The fraction of sp³-hybridized carbons (Fsp3) is 0.500. The summed E-state index contributed by atoms with van der Waals surface area (Å²) in [6, 6.07) is 0. The molecular weight excluding hydrogens is 258 g/mol. The second-order valence-corrected chi connectivity index (χ2v) is 5.59. The molecule has 0 bridgehead atoms. The van der Waals surface area contributed by atoms with Crippen LogP contribution in [0.3, 0.4) is 0 Å². The van der Waals surface area contributed by atoms with Gasteiger partial charge in [-0.2, -0.15) is 0 Å². The Kier molecular flexibility index (Phi) is 3.75. The summed E-state index contributed by atoms with van der Waals surface area (Å²) in [5.74, 6) is -1.24. The van der Waals surface area contributed by atoms with Crippen molar-refractivity contribution >= 4 is 40.8 Å². The second kappa shape index (κ2) is 4.36. The van der Waals surface area contributed by atoms with Crippen LogP contribution in [-0.2, 0) is 4.79 Å². The number of hydrogen-bond donors (Lipinski definition) is 1. The van der Waals surface area contributed by atoms with Crippen molar-refractivity contribution in [3.63, 3.8) is 0 Å². The van der Waals surface area contributed by atoms with Crippen LogP contribution < -0.4 is 0 Å². The van der Waals surface area contributed by atoms with Gasteiger partial charge in [-0.1, -0.05) is 54.7 Å². The van der Waals surface area contributed by atoms with E-state index in [9.17, 15) is 4.79 Å². The van der Waals surface area contributed by atoms with Crippen molar-refractivity contribution < 1.29 is 9.90 Å². The van der Waals surface area contributed by atoms with E-state index in [0.29, 0.717) is 5.03 Å². The van der Waals surface area contributed by atoms with Gasteiger partial charge >= 0.3 is 5.97 Å². The number of carbonyl (C=O) groups is 1. The van der Waals surface area contributed by atoms with Gasteiger partial charge in [0.1, 0.15) is 4.49 Å². The molecule has 1 fully saturated rings. The topological polar surface area (TPSA) is 37.3 Å². The maximum absolute atomic E-state index is 10.9. The first kappa shape index (κ1) is 12.9. The largest absolute Gasteiger partial charge is 0.481 e. The van der Waals surface area contributed by atoms with E-state index in [1.807, 2.05) is 13.8 Å². The molecule has 0 radical (unpaired) electrons. The predicted molar refractivity (Wildman–Crippen MR) is 62.1 cm³/mol. The Balaban J connectivity index is 2.78. The quantitative estimate of drug-likeness (QED) is 0.792. The molecule has 0 heterocycles. The molecule has 0 saturated heterocycles. The molecule has 1 aliphatic rings. The highest BCUT2D eigenvalue weighted by atomic mass is 35.5. The van der Waals surface area contributed by atoms with Crippen LogP contribution in [0.25, 0.3) is 0 Å². The lowest BCUT2D eigenvalue weighted by molar-refractivity contribution is -0.139. The maximum Gasteiger partial charge on any atom is 0.307 e. The summed E-state index contributed by atoms with van der Waals surface area (Å²) in [4.78, 5) is 10.9. The first-order valence-electron chi connectivity index (χ1n) is 4.39. The van der Waals surface area contributed by atoms with Gasteiger partial charge < -0.3 is 5.11 Å². The SMILES string of the molecule is CC1(C)C(C=C(Cl)C=C(Cl)Cl)C1C(=O)O. The minimum absolute atomic E-state index is 0.0570. The highest BCUT2D eigenvalue weighted by molar-refractivity contribution is 6.56. The van der Waals surface area contributed by atoms with E-state index in [4.69, 9.17) is 39.9 Å². The van der Waals surface area contributed by atoms with Gasteiger partial charge in [0.15, 0.2) is 0 Å². The Labute approximate surface area is 104 Å². The van der Waals surface area contributed by atoms with Crippen molar-refractivity contribution in [1.29, 1.82) is 0 Å². The minimum atomic E-state index is -0.799. The predicted octanol–water partition coefficient (Wildman–Crippen LogP) is 3.78. The molecule has 1 saturated carbocycles. The average molecular weight is 270 g/mol. The number of halogens is 3. The van der Waals surface area contributed by atoms with Crippen LogP contribution in [0.15, 0.2) is 21.7 Å². The first-order valence-corrected chi connectivity index (χ1v) is 5.53. The number of hydrogen-bond acceptors (Lipinski definition) is 1. The van der Waals surface area contributed by atoms with Gasteiger partial charge in [0.25, 0.3) is 0 Å². The first-order chi connectivity index (χ1) is 6.76. The number of rotatable bonds is 3. The minimum Gasteiger partial charge on any atom is -0.481 e. The zero-order valence-corrected chi connectivity index (χ0v) is 10.6. The van der Waals surface area contributed by atoms with Crippen molar-refractivity contribution in [2.45, 2.75) is 13.8 Å². The smallest absolute Gasteiger partial charge is 0.307 e. The Hall–Kier alpha value is -0.180. The van der Waals surface area contributed by atoms with Crippen molar-refractivity contribution in [2.75, 3.05) is 0 Å². The Morgan fingerprint density at radius 2 is 1.87 bits per heavy atom. The Morgan fingerprint density at radius 3 is 2.20 bits per heavy atom. The summed E-state index contributed by atoms with van der Waals surface area (Å²) in [6.07, 6.45) is 3.07. The molecule has 0 aromatic rings. The van der Waals surface area contributed by atoms with Crippen LogP contribution in [0, 0.1) is 17.3 Å². The van der Waals surface area contributed by atoms with Crippen molar-refractivity contribution in [3.05, 3.63) is 21.7 Å². The maximum atomic E-state index is 10.9. The van der Waals surface area contributed by atoms with Crippen molar-refractivity contribution in [1.82, 2.24) is 0 Å². The normalized spacial score (nSPS) is 28.5. The average Bonchev–Trinajstić information content (AvgIpc) is 2.50. The molecule has 5 heteroatoms. The third kappa shape index (κ3) is 2.90. The van der Waals surface area contributed by atoms with Gasteiger partial charge in [-0.25, -0.2) is 0 Å². The van der Waals surface area contributed by atoms with Gasteiger partial charge in [-0.15, -0.1) is 0 Å². The van der Waals surface area contributed by atoms with Gasteiger partial charge in [-0.3, -0.25) is 4.79 Å². The monoisotopic (exact) mass is 268 g/mol. The highest BCUT2D eigenvalue weighted by Crippen LogP contribution is 2.59. The van der Waals surface area contributed by atoms with E-state index >= 15 is 0 Å². The van der Waals surface area contributed by atoms with Crippen LogP contribution in [0.4, 0.5) is 0 Å². The fourth-order valence-electron chi connectivity index (χ4n) is 1.78. The number of carboxylic acids is 1. The molecule has 1 N–H and O–H groups in total. The molecule has 0 amide bonds. The highest BCUT2D eigenvalue weighted by Gasteiger charge is 2.60. The Morgan fingerprint density at radius 1 is 1.33 bits per heavy atom. The molecule has 2 atom stereocenters. The molecule has 0 spiro atoms. The lowest BCUT2D eigenvalue weighted by Gasteiger charge is -1.96. The summed E-state index contributed by atoms with van der Waals surface area (Å²) in [5, 5.41) is 9.29. The van der Waals surface area contributed by atoms with E-state index in [0.717, 1.165) is 0 Å². The van der Waals surface area contributed by atoms with Gasteiger partial charge in [0.2, 0.25) is 0 Å². The van der Waals surface area contributed by atoms with Crippen LogP contribution >= 0.6 is 34.8 Å². The third-order valence-electron chi connectivity index (χ3n) is 2.76. The van der Waals surface area contributed by atoms with E-state index < -0.39 is 5.97 Å². The van der Waals surface area contributed by atoms with E-state index in [1.165, 1.54) is 6.08 Å². The molecule has 1 rings (SSSR count). The molecule has 2 unspecified atom stereocenters. The Bertz CT molecular complexity index is 341. The zero-order chi connectivity index (χ0) is 11.8. The van der Waals surface area contributed by atoms with Gasteiger partial charge in [-0.05, 0) is 17.4 Å². The van der Waals surface area contributed by atoms with Gasteiger partial charge in [0.05, 0.1) is 5.92 Å². The van der Waals surface area contributed by atoms with E-state index in [1.54, 1.807) is 6.08 Å². The lowest BCUT2D eigenvalue weighted by atomic mass is 10.1. The van der Waals surface area contributed by atoms with E-state index in [2.05, 4.69) is 0 Å². The molecule has 0 aromatic carbocycles. The summed E-state index contributed by atoms with van der Waals surface area (Å²) in [7, 11) is 0. The van der Waals surface area contributed by atoms with Crippen LogP contribution in [0.1, 0.15) is 13.8 Å². The molecule has 15 heavy (non-hydrogen) atoms. The van der Waals surface area contributed by atoms with Crippen molar-refractivity contribution in [3.8, 4) is 0 Å². The van der Waals surface area contributed by atoms with Gasteiger partial charge in [0, 0.05) is 5.03 Å². The molecule has 84 valence electrons. The van der Waals surface area contributed by atoms with Crippen LogP contribution in [0.5, 0.6) is 0 Å². The molecule has 0 aromatic heterocycles. The summed E-state index contributed by atoms with van der Waals surface area (Å²) in [5.41, 5.74) is -0.251. The zero-order valence-electron chi connectivity index (χ0n) is 8.30. The number of allylic oxidation sites excluding steroid dienone is 3. The summed E-state index contributed by atoms with van der Waals surface area (Å²) in [6.45, 7) is 3.78. The lowest BCUT2D eigenvalue weighted by Crippen LogP contribution is -2.02. The fourth-order valence-corrected chi connectivity index (χ4v) is 2.38.